The highest BCUT2D eigenvalue weighted by Gasteiger charge is 2.27. The van der Waals surface area contributed by atoms with Gasteiger partial charge in [0.25, 0.3) is 0 Å². The molecule has 0 spiro atoms. The standard InChI is InChI=1S/C17H21N5O2S/c1-23-8-7-22-17(18-19-20-22)15-12-21(6-9-24-15)11-14-10-13-4-2-3-5-16(13)25-14/h2-5,10,15H,6-9,11-12H2,1H3/t15-/m1/s1. The van der Waals surface area contributed by atoms with Crippen molar-refractivity contribution in [1.82, 2.24) is 25.1 Å². The Morgan fingerprint density at radius 3 is 3.16 bits per heavy atom. The molecule has 0 radical (unpaired) electrons. The maximum atomic E-state index is 5.93. The lowest BCUT2D eigenvalue weighted by Gasteiger charge is -2.31. The second kappa shape index (κ2) is 7.57. The van der Waals surface area contributed by atoms with Crippen molar-refractivity contribution in [3.63, 3.8) is 0 Å². The number of aromatic nitrogens is 4. The molecule has 3 aromatic rings. The molecule has 1 aliphatic heterocycles. The first-order valence-corrected chi connectivity index (χ1v) is 9.21. The van der Waals surface area contributed by atoms with Crippen molar-refractivity contribution in [2.24, 2.45) is 0 Å². The summed E-state index contributed by atoms with van der Waals surface area (Å²) in [6.45, 7) is 4.54. The van der Waals surface area contributed by atoms with Crippen LogP contribution >= 0.6 is 11.3 Å². The van der Waals surface area contributed by atoms with Gasteiger partial charge in [-0.1, -0.05) is 18.2 Å². The maximum absolute atomic E-state index is 5.93. The Labute approximate surface area is 150 Å². The van der Waals surface area contributed by atoms with Crippen LogP contribution in [0.1, 0.15) is 16.8 Å². The highest BCUT2D eigenvalue weighted by atomic mass is 32.1. The van der Waals surface area contributed by atoms with Crippen LogP contribution in [0.3, 0.4) is 0 Å². The summed E-state index contributed by atoms with van der Waals surface area (Å²) in [6, 6.07) is 10.8. The molecule has 0 aliphatic carbocycles. The zero-order valence-electron chi connectivity index (χ0n) is 14.2. The Morgan fingerprint density at radius 1 is 1.36 bits per heavy atom. The number of nitrogens with zero attached hydrogens (tertiary/aromatic N) is 5. The fraction of sp³-hybridized carbons (Fsp3) is 0.471. The number of morpholine rings is 1. The first-order chi connectivity index (χ1) is 12.3. The van der Waals surface area contributed by atoms with Crippen LogP contribution in [0, 0.1) is 0 Å². The highest BCUT2D eigenvalue weighted by Crippen LogP contribution is 2.28. The number of ether oxygens (including phenoxy) is 2. The minimum absolute atomic E-state index is 0.102. The molecule has 7 nitrogen and oxygen atoms in total. The van der Waals surface area contributed by atoms with E-state index in [1.165, 1.54) is 15.0 Å². The minimum Gasteiger partial charge on any atom is -0.383 e. The van der Waals surface area contributed by atoms with Crippen molar-refractivity contribution in [2.45, 2.75) is 19.2 Å². The third-order valence-electron chi connectivity index (χ3n) is 4.36. The highest BCUT2D eigenvalue weighted by molar-refractivity contribution is 7.19. The van der Waals surface area contributed by atoms with Crippen molar-refractivity contribution in [3.05, 3.63) is 41.0 Å². The third-order valence-corrected chi connectivity index (χ3v) is 5.46. The predicted molar refractivity (Wildman–Crippen MR) is 95.5 cm³/mol. The van der Waals surface area contributed by atoms with E-state index in [2.05, 4.69) is 50.8 Å². The second-order valence-electron chi connectivity index (χ2n) is 6.10. The molecule has 0 saturated carbocycles. The van der Waals surface area contributed by atoms with Crippen molar-refractivity contribution in [3.8, 4) is 0 Å². The molecule has 25 heavy (non-hydrogen) atoms. The van der Waals surface area contributed by atoms with Gasteiger partial charge < -0.3 is 9.47 Å². The summed E-state index contributed by atoms with van der Waals surface area (Å²) in [7, 11) is 1.67. The van der Waals surface area contributed by atoms with Gasteiger partial charge in [-0.25, -0.2) is 4.68 Å². The summed E-state index contributed by atoms with van der Waals surface area (Å²) >= 11 is 1.86. The van der Waals surface area contributed by atoms with Crippen LogP contribution in [0.25, 0.3) is 10.1 Å². The van der Waals surface area contributed by atoms with Crippen LogP contribution in [-0.2, 0) is 22.6 Å². The molecule has 4 rings (SSSR count). The fourth-order valence-corrected chi connectivity index (χ4v) is 4.22. The average Bonchev–Trinajstić information content (AvgIpc) is 3.26. The molecule has 8 heteroatoms. The fourth-order valence-electron chi connectivity index (χ4n) is 3.12. The number of fused-ring (bicyclic) bond motifs is 1. The molecule has 1 saturated heterocycles. The molecule has 3 heterocycles. The molecule has 0 N–H and O–H groups in total. The zero-order chi connectivity index (χ0) is 17.1. The van der Waals surface area contributed by atoms with E-state index in [1.54, 1.807) is 11.8 Å². The first kappa shape index (κ1) is 16.6. The van der Waals surface area contributed by atoms with Crippen LogP contribution < -0.4 is 0 Å². The Morgan fingerprint density at radius 2 is 2.28 bits per heavy atom. The van der Waals surface area contributed by atoms with Gasteiger partial charge in [-0.2, -0.15) is 0 Å². The Balaban J connectivity index is 1.45. The van der Waals surface area contributed by atoms with Gasteiger partial charge in [-0.15, -0.1) is 16.4 Å². The summed E-state index contributed by atoms with van der Waals surface area (Å²) in [5.41, 5.74) is 0. The van der Waals surface area contributed by atoms with Gasteiger partial charge in [0.05, 0.1) is 19.8 Å². The number of hydrogen-bond acceptors (Lipinski definition) is 7. The van der Waals surface area contributed by atoms with Gasteiger partial charge in [0, 0.05) is 36.3 Å². The van der Waals surface area contributed by atoms with Crippen LogP contribution in [0.4, 0.5) is 0 Å². The number of benzene rings is 1. The molecule has 1 aromatic carbocycles. The molecular formula is C17H21N5O2S. The second-order valence-corrected chi connectivity index (χ2v) is 7.27. The van der Waals surface area contributed by atoms with Crippen molar-refractivity contribution < 1.29 is 9.47 Å². The molecular weight excluding hydrogens is 338 g/mol. The third kappa shape index (κ3) is 3.72. The topological polar surface area (TPSA) is 65.3 Å². The molecule has 0 amide bonds. The average molecular weight is 359 g/mol. The van der Waals surface area contributed by atoms with Gasteiger partial charge in [0.1, 0.15) is 6.10 Å². The zero-order valence-corrected chi connectivity index (χ0v) is 15.0. The van der Waals surface area contributed by atoms with E-state index in [0.29, 0.717) is 19.8 Å². The summed E-state index contributed by atoms with van der Waals surface area (Å²) in [4.78, 5) is 3.79. The predicted octanol–water partition coefficient (Wildman–Crippen LogP) is 2.11. The number of tetrazole rings is 1. The van der Waals surface area contributed by atoms with Gasteiger partial charge in [0.15, 0.2) is 5.82 Å². The van der Waals surface area contributed by atoms with Gasteiger partial charge in [-0.3, -0.25) is 4.90 Å². The summed E-state index contributed by atoms with van der Waals surface area (Å²) in [6.07, 6.45) is -0.102. The van der Waals surface area contributed by atoms with E-state index < -0.39 is 0 Å². The van der Waals surface area contributed by atoms with Gasteiger partial charge >= 0.3 is 0 Å². The van der Waals surface area contributed by atoms with Crippen molar-refractivity contribution in [1.29, 1.82) is 0 Å². The van der Waals surface area contributed by atoms with Crippen LogP contribution in [0.2, 0.25) is 0 Å². The molecule has 1 aliphatic rings. The monoisotopic (exact) mass is 359 g/mol. The number of thiophene rings is 1. The number of rotatable bonds is 6. The van der Waals surface area contributed by atoms with Gasteiger partial charge in [-0.05, 0) is 27.9 Å². The molecule has 2 aromatic heterocycles. The van der Waals surface area contributed by atoms with Gasteiger partial charge in [0.2, 0.25) is 0 Å². The molecule has 0 unspecified atom stereocenters. The van der Waals surface area contributed by atoms with Crippen LogP contribution in [0.15, 0.2) is 30.3 Å². The van der Waals surface area contributed by atoms with Crippen LogP contribution in [0.5, 0.6) is 0 Å². The Kier molecular flexibility index (Phi) is 5.02. The summed E-state index contributed by atoms with van der Waals surface area (Å²) < 4.78 is 14.2. The minimum atomic E-state index is -0.102. The molecule has 0 bridgehead atoms. The molecule has 132 valence electrons. The van der Waals surface area contributed by atoms with Crippen LogP contribution in [-0.4, -0.2) is 58.5 Å². The lowest BCUT2D eigenvalue weighted by Crippen LogP contribution is -2.38. The number of methoxy groups -OCH3 is 1. The van der Waals surface area contributed by atoms with E-state index in [-0.39, 0.29) is 6.10 Å². The summed E-state index contributed by atoms with van der Waals surface area (Å²) in [5.74, 6) is 0.776. The smallest absolute Gasteiger partial charge is 0.181 e. The van der Waals surface area contributed by atoms with Crippen molar-refractivity contribution >= 4 is 21.4 Å². The SMILES string of the molecule is COCCn1nnnc1[C@H]1CN(Cc2cc3ccccc3s2)CCO1. The Hall–Kier alpha value is -1.87. The lowest BCUT2D eigenvalue weighted by molar-refractivity contribution is -0.0393. The van der Waals surface area contributed by atoms with E-state index in [1.807, 2.05) is 11.3 Å². The van der Waals surface area contributed by atoms with E-state index in [0.717, 1.165) is 25.5 Å². The summed E-state index contributed by atoms with van der Waals surface area (Å²) in [5, 5.41) is 13.3. The number of hydrogen-bond donors (Lipinski definition) is 0. The Bertz CT molecular complexity index is 800. The molecule has 1 atom stereocenters. The van der Waals surface area contributed by atoms with E-state index >= 15 is 0 Å². The normalized spacial score (nSPS) is 18.8. The van der Waals surface area contributed by atoms with Crippen molar-refractivity contribution in [2.75, 3.05) is 33.4 Å². The van der Waals surface area contributed by atoms with E-state index in [4.69, 9.17) is 9.47 Å². The lowest BCUT2D eigenvalue weighted by atomic mass is 10.2. The largest absolute Gasteiger partial charge is 0.383 e. The maximum Gasteiger partial charge on any atom is 0.181 e. The quantitative estimate of drug-likeness (QED) is 0.672. The van der Waals surface area contributed by atoms with E-state index in [9.17, 15) is 0 Å². The molecule has 1 fully saturated rings. The first-order valence-electron chi connectivity index (χ1n) is 8.40.